The van der Waals surface area contributed by atoms with E-state index in [1.165, 1.54) is 12.1 Å². The summed E-state index contributed by atoms with van der Waals surface area (Å²) >= 11 is 0. The molecule has 3 nitrogen and oxygen atoms in total. The Labute approximate surface area is 118 Å². The SMILES string of the molecule is CC1CN(CCC(O)c2cccc(F)c2F)C(C)CO1. The van der Waals surface area contributed by atoms with Crippen LogP contribution in [-0.2, 0) is 4.74 Å². The van der Waals surface area contributed by atoms with Crippen LogP contribution in [0.3, 0.4) is 0 Å². The first-order chi connectivity index (χ1) is 9.49. The number of halogens is 2. The van der Waals surface area contributed by atoms with Crippen molar-refractivity contribution in [3.8, 4) is 0 Å². The number of rotatable bonds is 4. The van der Waals surface area contributed by atoms with Gasteiger partial charge in [-0.15, -0.1) is 0 Å². The molecular formula is C15H21F2NO2. The number of nitrogens with zero attached hydrogens (tertiary/aromatic N) is 1. The van der Waals surface area contributed by atoms with Crippen LogP contribution in [0.2, 0.25) is 0 Å². The zero-order valence-electron chi connectivity index (χ0n) is 11.9. The third kappa shape index (κ3) is 3.53. The van der Waals surface area contributed by atoms with Crippen molar-refractivity contribution in [2.75, 3.05) is 19.7 Å². The Kier molecular flexibility index (Phi) is 5.07. The van der Waals surface area contributed by atoms with Crippen molar-refractivity contribution < 1.29 is 18.6 Å². The molecule has 0 saturated carbocycles. The van der Waals surface area contributed by atoms with Crippen molar-refractivity contribution in [3.05, 3.63) is 35.4 Å². The van der Waals surface area contributed by atoms with E-state index in [0.29, 0.717) is 19.6 Å². The van der Waals surface area contributed by atoms with Gasteiger partial charge in [0.15, 0.2) is 11.6 Å². The van der Waals surface area contributed by atoms with Gasteiger partial charge in [-0.05, 0) is 26.3 Å². The van der Waals surface area contributed by atoms with Crippen molar-refractivity contribution in [3.63, 3.8) is 0 Å². The Hall–Kier alpha value is -1.04. The minimum atomic E-state index is -0.990. The molecule has 1 aromatic rings. The molecule has 20 heavy (non-hydrogen) atoms. The molecule has 1 N–H and O–H groups in total. The van der Waals surface area contributed by atoms with Crippen LogP contribution < -0.4 is 0 Å². The fourth-order valence-electron chi connectivity index (χ4n) is 2.50. The zero-order chi connectivity index (χ0) is 14.7. The monoisotopic (exact) mass is 285 g/mol. The highest BCUT2D eigenvalue weighted by molar-refractivity contribution is 5.21. The number of ether oxygens (including phenoxy) is 1. The molecule has 1 aliphatic heterocycles. The molecule has 1 aromatic carbocycles. The molecule has 0 radical (unpaired) electrons. The number of aliphatic hydroxyl groups is 1. The van der Waals surface area contributed by atoms with Gasteiger partial charge in [0, 0.05) is 24.7 Å². The molecule has 0 aliphatic carbocycles. The van der Waals surface area contributed by atoms with Crippen molar-refractivity contribution in [1.29, 1.82) is 0 Å². The number of hydrogen-bond donors (Lipinski definition) is 1. The second-order valence-electron chi connectivity index (χ2n) is 5.44. The molecule has 5 heteroatoms. The molecule has 0 bridgehead atoms. The first-order valence-electron chi connectivity index (χ1n) is 6.96. The quantitative estimate of drug-likeness (QED) is 0.922. The maximum absolute atomic E-state index is 13.6. The van der Waals surface area contributed by atoms with Gasteiger partial charge >= 0.3 is 0 Å². The van der Waals surface area contributed by atoms with Crippen molar-refractivity contribution >= 4 is 0 Å². The second-order valence-corrected chi connectivity index (χ2v) is 5.44. The van der Waals surface area contributed by atoms with E-state index < -0.39 is 17.7 Å². The van der Waals surface area contributed by atoms with Gasteiger partial charge in [-0.3, -0.25) is 4.90 Å². The topological polar surface area (TPSA) is 32.7 Å². The third-order valence-corrected chi connectivity index (χ3v) is 3.77. The van der Waals surface area contributed by atoms with E-state index in [2.05, 4.69) is 11.8 Å². The third-order valence-electron chi connectivity index (χ3n) is 3.77. The standard InChI is InChI=1S/C15H21F2NO2/c1-10-9-20-11(2)8-18(10)7-6-14(19)12-4-3-5-13(16)15(12)17/h3-5,10-11,14,19H,6-9H2,1-2H3. The van der Waals surface area contributed by atoms with Crippen LogP contribution >= 0.6 is 0 Å². The van der Waals surface area contributed by atoms with E-state index in [9.17, 15) is 13.9 Å². The second kappa shape index (κ2) is 6.61. The molecule has 0 aromatic heterocycles. The van der Waals surface area contributed by atoms with Gasteiger partial charge in [0.25, 0.3) is 0 Å². The zero-order valence-corrected chi connectivity index (χ0v) is 11.9. The fourth-order valence-corrected chi connectivity index (χ4v) is 2.50. The summed E-state index contributed by atoms with van der Waals surface area (Å²) in [7, 11) is 0. The van der Waals surface area contributed by atoms with E-state index in [4.69, 9.17) is 4.74 Å². The molecule has 3 atom stereocenters. The van der Waals surface area contributed by atoms with E-state index >= 15 is 0 Å². The highest BCUT2D eigenvalue weighted by Crippen LogP contribution is 2.23. The first kappa shape index (κ1) is 15.4. The first-order valence-corrected chi connectivity index (χ1v) is 6.96. The van der Waals surface area contributed by atoms with E-state index in [-0.39, 0.29) is 17.7 Å². The number of hydrogen-bond acceptors (Lipinski definition) is 3. The molecule has 0 amide bonds. The Morgan fingerprint density at radius 1 is 1.40 bits per heavy atom. The number of benzene rings is 1. The van der Waals surface area contributed by atoms with Gasteiger partial charge in [-0.2, -0.15) is 0 Å². The lowest BCUT2D eigenvalue weighted by atomic mass is 10.0. The van der Waals surface area contributed by atoms with E-state index in [1.54, 1.807) is 0 Å². The normalized spacial score (nSPS) is 25.6. The Balaban J connectivity index is 1.94. The molecular weight excluding hydrogens is 264 g/mol. The van der Waals surface area contributed by atoms with Gasteiger partial charge < -0.3 is 9.84 Å². The highest BCUT2D eigenvalue weighted by Gasteiger charge is 2.24. The maximum atomic E-state index is 13.6. The summed E-state index contributed by atoms with van der Waals surface area (Å²) in [6.07, 6.45) is -0.456. The Morgan fingerprint density at radius 2 is 2.15 bits per heavy atom. The van der Waals surface area contributed by atoms with Crippen LogP contribution in [0.25, 0.3) is 0 Å². The lowest BCUT2D eigenvalue weighted by molar-refractivity contribution is -0.0528. The molecule has 2 rings (SSSR count). The molecule has 1 saturated heterocycles. The van der Waals surface area contributed by atoms with Crippen LogP contribution in [0.15, 0.2) is 18.2 Å². The molecule has 1 fully saturated rings. The summed E-state index contributed by atoms with van der Waals surface area (Å²) in [6.45, 7) is 6.14. The summed E-state index contributed by atoms with van der Waals surface area (Å²) in [5, 5.41) is 10.0. The van der Waals surface area contributed by atoms with E-state index in [1.807, 2.05) is 6.92 Å². The van der Waals surface area contributed by atoms with Gasteiger partial charge in [-0.25, -0.2) is 8.78 Å². The van der Waals surface area contributed by atoms with Crippen molar-refractivity contribution in [2.24, 2.45) is 0 Å². The summed E-state index contributed by atoms with van der Waals surface area (Å²) < 4.78 is 32.3. The average Bonchev–Trinajstić information content (AvgIpc) is 2.42. The smallest absolute Gasteiger partial charge is 0.164 e. The van der Waals surface area contributed by atoms with Crippen LogP contribution in [0.5, 0.6) is 0 Å². The Morgan fingerprint density at radius 3 is 2.90 bits per heavy atom. The lowest BCUT2D eigenvalue weighted by Gasteiger charge is -2.37. The van der Waals surface area contributed by atoms with E-state index in [0.717, 1.165) is 12.6 Å². The molecule has 1 aliphatic rings. The minimum absolute atomic E-state index is 0.0268. The summed E-state index contributed by atoms with van der Waals surface area (Å²) in [5.74, 6) is -1.88. The molecule has 1 heterocycles. The predicted octanol–water partition coefficient (Wildman–Crippen LogP) is 2.50. The molecule has 0 spiro atoms. The predicted molar refractivity (Wildman–Crippen MR) is 72.4 cm³/mol. The summed E-state index contributed by atoms with van der Waals surface area (Å²) in [5.41, 5.74) is 0.0268. The maximum Gasteiger partial charge on any atom is 0.164 e. The number of aliphatic hydroxyl groups excluding tert-OH is 1. The lowest BCUT2D eigenvalue weighted by Crippen LogP contribution is -2.47. The highest BCUT2D eigenvalue weighted by atomic mass is 19.2. The van der Waals surface area contributed by atoms with Crippen LogP contribution in [0.4, 0.5) is 8.78 Å². The Bertz CT molecular complexity index is 455. The minimum Gasteiger partial charge on any atom is -0.388 e. The van der Waals surface area contributed by atoms with Crippen LogP contribution in [0, 0.1) is 11.6 Å². The van der Waals surface area contributed by atoms with Gasteiger partial charge in [0.2, 0.25) is 0 Å². The fraction of sp³-hybridized carbons (Fsp3) is 0.600. The average molecular weight is 285 g/mol. The van der Waals surface area contributed by atoms with Gasteiger partial charge in [0.1, 0.15) is 0 Å². The largest absolute Gasteiger partial charge is 0.388 e. The van der Waals surface area contributed by atoms with Crippen molar-refractivity contribution in [1.82, 2.24) is 4.90 Å². The van der Waals surface area contributed by atoms with Gasteiger partial charge in [0.05, 0.1) is 18.8 Å². The van der Waals surface area contributed by atoms with Crippen LogP contribution in [-0.4, -0.2) is 41.8 Å². The van der Waals surface area contributed by atoms with Gasteiger partial charge in [-0.1, -0.05) is 12.1 Å². The number of morpholine rings is 1. The molecule has 3 unspecified atom stereocenters. The van der Waals surface area contributed by atoms with Crippen molar-refractivity contribution in [2.45, 2.75) is 38.5 Å². The molecule has 112 valence electrons. The summed E-state index contributed by atoms with van der Waals surface area (Å²) in [4.78, 5) is 2.20. The van der Waals surface area contributed by atoms with Crippen LogP contribution in [0.1, 0.15) is 31.9 Å². The summed E-state index contributed by atoms with van der Waals surface area (Å²) in [6, 6.07) is 4.16.